The minimum Gasteiger partial charge on any atom is -0.466 e. The van der Waals surface area contributed by atoms with E-state index < -0.39 is 23.9 Å². The molecule has 0 saturated carbocycles. The Morgan fingerprint density at radius 1 is 0.846 bits per heavy atom. The van der Waals surface area contributed by atoms with Crippen molar-refractivity contribution in [1.29, 1.82) is 0 Å². The van der Waals surface area contributed by atoms with Crippen molar-refractivity contribution in [3.63, 3.8) is 0 Å². The van der Waals surface area contributed by atoms with Crippen molar-refractivity contribution in [1.82, 2.24) is 10.6 Å². The number of ether oxygens (including phenoxy) is 2. The minimum absolute atomic E-state index is 0.00693. The molecule has 150 valence electrons. The Balaban J connectivity index is 4.53. The largest absolute Gasteiger partial charge is 0.466 e. The predicted molar refractivity (Wildman–Crippen MR) is 96.2 cm³/mol. The third kappa shape index (κ3) is 12.3. The average molecular weight is 372 g/mol. The lowest BCUT2D eigenvalue weighted by Gasteiger charge is -2.17. The highest BCUT2D eigenvalue weighted by molar-refractivity contribution is 5.87. The lowest BCUT2D eigenvalue weighted by molar-refractivity contribution is -0.149. The van der Waals surface area contributed by atoms with Gasteiger partial charge < -0.3 is 20.1 Å². The monoisotopic (exact) mass is 372 g/mol. The molecule has 1 atom stereocenters. The maximum atomic E-state index is 12.2. The summed E-state index contributed by atoms with van der Waals surface area (Å²) in [7, 11) is 1.48. The molecule has 0 aliphatic carbocycles. The van der Waals surface area contributed by atoms with Crippen LogP contribution in [-0.2, 0) is 28.7 Å². The van der Waals surface area contributed by atoms with Crippen LogP contribution in [0.25, 0.3) is 0 Å². The second kappa shape index (κ2) is 15.2. The highest BCUT2D eigenvalue weighted by atomic mass is 16.5. The summed E-state index contributed by atoms with van der Waals surface area (Å²) in [5, 5.41) is 4.97. The second-order valence-electron chi connectivity index (χ2n) is 5.93. The molecule has 0 fully saturated rings. The van der Waals surface area contributed by atoms with Crippen molar-refractivity contribution >= 4 is 23.8 Å². The van der Waals surface area contributed by atoms with Gasteiger partial charge in [-0.05, 0) is 19.3 Å². The number of amides is 2. The zero-order chi connectivity index (χ0) is 19.8. The highest BCUT2D eigenvalue weighted by Gasteiger charge is 2.23. The van der Waals surface area contributed by atoms with Crippen molar-refractivity contribution in [3.8, 4) is 0 Å². The van der Waals surface area contributed by atoms with Crippen LogP contribution in [0.2, 0.25) is 0 Å². The first-order valence-corrected chi connectivity index (χ1v) is 9.26. The van der Waals surface area contributed by atoms with Crippen LogP contribution in [0, 0.1) is 0 Å². The topological polar surface area (TPSA) is 111 Å². The Labute approximate surface area is 155 Å². The summed E-state index contributed by atoms with van der Waals surface area (Å²) < 4.78 is 10.2. The van der Waals surface area contributed by atoms with Crippen LogP contribution >= 0.6 is 0 Å². The number of hydrogen-bond acceptors (Lipinski definition) is 6. The number of nitrogens with one attached hydrogen (secondary N) is 2. The standard InChI is InChI=1S/C18H32N2O6/c1-4-6-12-25-17(23)11-8-14(18(24)26-13-7-5-2)20-16(22)10-9-15(21)19-3/h14H,4-13H2,1-3H3,(H,19,21)(H,20,22)/t14-/m0/s1. The summed E-state index contributed by atoms with van der Waals surface area (Å²) >= 11 is 0. The van der Waals surface area contributed by atoms with Gasteiger partial charge in [0.15, 0.2) is 0 Å². The van der Waals surface area contributed by atoms with Crippen LogP contribution in [0.15, 0.2) is 0 Å². The zero-order valence-corrected chi connectivity index (χ0v) is 16.1. The fourth-order valence-corrected chi connectivity index (χ4v) is 1.95. The molecule has 0 bridgehead atoms. The first-order valence-electron chi connectivity index (χ1n) is 9.26. The number of hydrogen-bond donors (Lipinski definition) is 2. The molecule has 0 unspecified atom stereocenters. The predicted octanol–water partition coefficient (Wildman–Crippen LogP) is 1.46. The van der Waals surface area contributed by atoms with Gasteiger partial charge in [-0.25, -0.2) is 4.79 Å². The van der Waals surface area contributed by atoms with Gasteiger partial charge in [0.05, 0.1) is 13.2 Å². The normalized spacial score (nSPS) is 11.3. The van der Waals surface area contributed by atoms with Crippen LogP contribution in [0.3, 0.4) is 0 Å². The molecule has 8 nitrogen and oxygen atoms in total. The molecule has 0 rings (SSSR count). The fraction of sp³-hybridized carbons (Fsp3) is 0.778. The van der Waals surface area contributed by atoms with E-state index in [-0.39, 0.29) is 38.2 Å². The summed E-state index contributed by atoms with van der Waals surface area (Å²) in [6.07, 6.45) is 3.39. The van der Waals surface area contributed by atoms with Gasteiger partial charge in [0.1, 0.15) is 6.04 Å². The van der Waals surface area contributed by atoms with E-state index in [2.05, 4.69) is 10.6 Å². The highest BCUT2D eigenvalue weighted by Crippen LogP contribution is 2.05. The van der Waals surface area contributed by atoms with Crippen molar-refractivity contribution in [2.24, 2.45) is 0 Å². The molecule has 2 amide bonds. The van der Waals surface area contributed by atoms with Crippen LogP contribution in [0.1, 0.15) is 65.2 Å². The summed E-state index contributed by atoms with van der Waals surface area (Å²) in [5.74, 6) is -1.69. The van der Waals surface area contributed by atoms with Gasteiger partial charge in [-0.1, -0.05) is 26.7 Å². The molecule has 0 saturated heterocycles. The van der Waals surface area contributed by atoms with E-state index in [1.54, 1.807) is 0 Å². The lowest BCUT2D eigenvalue weighted by atomic mass is 10.1. The van der Waals surface area contributed by atoms with Crippen LogP contribution in [0.4, 0.5) is 0 Å². The quantitative estimate of drug-likeness (QED) is 0.353. The molecule has 0 aromatic carbocycles. The van der Waals surface area contributed by atoms with E-state index in [0.29, 0.717) is 6.61 Å². The number of unbranched alkanes of at least 4 members (excludes halogenated alkanes) is 2. The van der Waals surface area contributed by atoms with Gasteiger partial charge in [-0.15, -0.1) is 0 Å². The first kappa shape index (κ1) is 23.9. The van der Waals surface area contributed by atoms with E-state index in [4.69, 9.17) is 9.47 Å². The van der Waals surface area contributed by atoms with E-state index in [0.717, 1.165) is 25.7 Å². The molecule has 0 aliphatic rings. The van der Waals surface area contributed by atoms with E-state index in [9.17, 15) is 19.2 Å². The van der Waals surface area contributed by atoms with Crippen molar-refractivity contribution < 1.29 is 28.7 Å². The van der Waals surface area contributed by atoms with Crippen molar-refractivity contribution in [2.45, 2.75) is 71.3 Å². The maximum absolute atomic E-state index is 12.2. The van der Waals surface area contributed by atoms with Crippen LogP contribution < -0.4 is 10.6 Å². The molecule has 2 N–H and O–H groups in total. The van der Waals surface area contributed by atoms with Gasteiger partial charge in [-0.3, -0.25) is 14.4 Å². The smallest absolute Gasteiger partial charge is 0.328 e. The summed E-state index contributed by atoms with van der Waals surface area (Å²) in [6, 6.07) is -0.928. The van der Waals surface area contributed by atoms with Gasteiger partial charge in [0, 0.05) is 26.3 Å². The Bertz CT molecular complexity index is 453. The summed E-state index contributed by atoms with van der Waals surface area (Å²) in [4.78, 5) is 47.0. The molecule has 0 heterocycles. The van der Waals surface area contributed by atoms with Gasteiger partial charge >= 0.3 is 11.9 Å². The Morgan fingerprint density at radius 3 is 2.00 bits per heavy atom. The molecule has 0 spiro atoms. The number of carbonyl (C=O) groups is 4. The molecule has 0 radical (unpaired) electrons. The zero-order valence-electron chi connectivity index (χ0n) is 16.1. The van der Waals surface area contributed by atoms with Gasteiger partial charge in [0.25, 0.3) is 0 Å². The van der Waals surface area contributed by atoms with Gasteiger partial charge in [0.2, 0.25) is 11.8 Å². The van der Waals surface area contributed by atoms with E-state index in [1.165, 1.54) is 7.05 Å². The lowest BCUT2D eigenvalue weighted by Crippen LogP contribution is -2.42. The third-order valence-corrected chi connectivity index (χ3v) is 3.62. The SMILES string of the molecule is CCCCOC(=O)CC[C@H](NC(=O)CCC(=O)NC)C(=O)OCCCC. The van der Waals surface area contributed by atoms with Crippen molar-refractivity contribution in [2.75, 3.05) is 20.3 Å². The number of carbonyl (C=O) groups excluding carboxylic acids is 4. The molecule has 0 aliphatic heterocycles. The Morgan fingerprint density at radius 2 is 1.42 bits per heavy atom. The molecule has 8 heteroatoms. The fourth-order valence-electron chi connectivity index (χ4n) is 1.95. The molecular weight excluding hydrogens is 340 g/mol. The van der Waals surface area contributed by atoms with Crippen molar-refractivity contribution in [3.05, 3.63) is 0 Å². The third-order valence-electron chi connectivity index (χ3n) is 3.62. The summed E-state index contributed by atoms with van der Waals surface area (Å²) in [6.45, 7) is 4.57. The van der Waals surface area contributed by atoms with Crippen LogP contribution in [-0.4, -0.2) is 50.1 Å². The maximum Gasteiger partial charge on any atom is 0.328 e. The molecule has 0 aromatic rings. The average Bonchev–Trinajstić information content (AvgIpc) is 2.63. The Hall–Kier alpha value is -2.12. The van der Waals surface area contributed by atoms with Crippen LogP contribution in [0.5, 0.6) is 0 Å². The number of rotatable bonds is 14. The summed E-state index contributed by atoms with van der Waals surface area (Å²) in [5.41, 5.74) is 0. The van der Waals surface area contributed by atoms with Gasteiger partial charge in [-0.2, -0.15) is 0 Å². The number of esters is 2. The molecule has 26 heavy (non-hydrogen) atoms. The second-order valence-corrected chi connectivity index (χ2v) is 5.93. The minimum atomic E-state index is -0.928. The Kier molecular flexibility index (Phi) is 13.9. The first-order chi connectivity index (χ1) is 12.4. The molecular formula is C18H32N2O6. The molecule has 0 aromatic heterocycles. The van der Waals surface area contributed by atoms with E-state index >= 15 is 0 Å². The van der Waals surface area contributed by atoms with E-state index in [1.807, 2.05) is 13.8 Å².